The minimum Gasteiger partial charge on any atom is -0.345 e. The molecule has 0 aliphatic heterocycles. The van der Waals surface area contributed by atoms with E-state index in [0.717, 1.165) is 6.54 Å². The Balaban J connectivity index is 5.43. The Labute approximate surface area is 130 Å². The molecule has 0 unspecified atom stereocenters. The van der Waals surface area contributed by atoms with Crippen molar-refractivity contribution in [3.05, 3.63) is 0 Å². The van der Waals surface area contributed by atoms with E-state index < -0.39 is 16.5 Å². The van der Waals surface area contributed by atoms with E-state index in [9.17, 15) is 0 Å². The fraction of sp³-hybridized carbons (Fsp3) is 1.00. The minimum absolute atomic E-state index is 0.853. The van der Waals surface area contributed by atoms with Crippen molar-refractivity contribution < 1.29 is 0 Å². The lowest BCUT2D eigenvalue weighted by Crippen LogP contribution is -2.66. The van der Waals surface area contributed by atoms with E-state index in [-0.39, 0.29) is 0 Å². The standard InChI is InChI=1S/C16H40N2Si2/c1-7-19(8-2,9-3)18(16-14-13-15-17)20(10-4,11-5)12-6/h7-17H2,1-6H3. The second-order valence-electron chi connectivity index (χ2n) is 6.22. The zero-order valence-corrected chi connectivity index (χ0v) is 17.1. The summed E-state index contributed by atoms with van der Waals surface area (Å²) >= 11 is 0. The van der Waals surface area contributed by atoms with Crippen LogP contribution in [0.2, 0.25) is 36.3 Å². The summed E-state index contributed by atoms with van der Waals surface area (Å²) in [5.41, 5.74) is 5.73. The van der Waals surface area contributed by atoms with Crippen molar-refractivity contribution in [2.75, 3.05) is 13.1 Å². The molecule has 0 aliphatic carbocycles. The van der Waals surface area contributed by atoms with Gasteiger partial charge in [0.1, 0.15) is 16.5 Å². The molecular weight excluding hydrogens is 276 g/mol. The molecule has 2 nitrogen and oxygen atoms in total. The highest BCUT2D eigenvalue weighted by molar-refractivity contribution is 6.92. The second-order valence-corrected chi connectivity index (χ2v) is 16.9. The van der Waals surface area contributed by atoms with Gasteiger partial charge >= 0.3 is 0 Å². The maximum absolute atomic E-state index is 5.73. The molecule has 0 rings (SSSR count). The van der Waals surface area contributed by atoms with Crippen LogP contribution in [0.1, 0.15) is 54.4 Å². The number of hydrogen-bond donors (Lipinski definition) is 1. The van der Waals surface area contributed by atoms with E-state index in [1.54, 1.807) is 0 Å². The molecule has 0 heterocycles. The molecule has 0 amide bonds. The smallest absolute Gasteiger partial charge is 0.120 e. The first-order chi connectivity index (χ1) is 9.56. The summed E-state index contributed by atoms with van der Waals surface area (Å²) in [4.78, 5) is 0. The minimum atomic E-state index is -1.24. The van der Waals surface area contributed by atoms with Crippen molar-refractivity contribution in [2.45, 2.75) is 90.6 Å². The fourth-order valence-corrected chi connectivity index (χ4v) is 17.5. The molecule has 0 fully saturated rings. The molecule has 0 aliphatic rings. The lowest BCUT2D eigenvalue weighted by atomic mass is 10.3. The van der Waals surface area contributed by atoms with Gasteiger partial charge in [-0.3, -0.25) is 0 Å². The van der Waals surface area contributed by atoms with Gasteiger partial charge in [0.2, 0.25) is 0 Å². The highest BCUT2D eigenvalue weighted by Gasteiger charge is 2.45. The van der Waals surface area contributed by atoms with Gasteiger partial charge in [-0.05, 0) is 62.2 Å². The summed E-state index contributed by atoms with van der Waals surface area (Å²) < 4.78 is 3.16. The lowest BCUT2D eigenvalue weighted by Gasteiger charge is -2.52. The van der Waals surface area contributed by atoms with Crippen molar-refractivity contribution in [3.8, 4) is 0 Å². The van der Waals surface area contributed by atoms with Crippen molar-refractivity contribution in [2.24, 2.45) is 5.73 Å². The third-order valence-corrected chi connectivity index (χ3v) is 19.4. The molecule has 0 aromatic heterocycles. The molecule has 20 heavy (non-hydrogen) atoms. The predicted octanol–water partition coefficient (Wildman–Crippen LogP) is 5.04. The Morgan fingerprint density at radius 1 is 0.650 bits per heavy atom. The molecule has 0 atom stereocenters. The van der Waals surface area contributed by atoms with Gasteiger partial charge in [0.05, 0.1) is 0 Å². The molecule has 0 saturated carbocycles. The van der Waals surface area contributed by atoms with Crippen LogP contribution in [0.15, 0.2) is 0 Å². The van der Waals surface area contributed by atoms with Crippen LogP contribution in [0, 0.1) is 0 Å². The van der Waals surface area contributed by atoms with Crippen molar-refractivity contribution >= 4 is 16.5 Å². The summed E-state index contributed by atoms with van der Waals surface area (Å²) in [6, 6.07) is 8.57. The Morgan fingerprint density at radius 2 is 1.00 bits per heavy atom. The van der Waals surface area contributed by atoms with E-state index in [2.05, 4.69) is 45.8 Å². The van der Waals surface area contributed by atoms with Gasteiger partial charge in [-0.2, -0.15) is 0 Å². The monoisotopic (exact) mass is 316 g/mol. The van der Waals surface area contributed by atoms with Crippen LogP contribution >= 0.6 is 0 Å². The maximum Gasteiger partial charge on any atom is 0.120 e. The summed E-state index contributed by atoms with van der Waals surface area (Å²) in [5, 5.41) is 0. The first kappa shape index (κ1) is 20.4. The van der Waals surface area contributed by atoms with Crippen LogP contribution in [-0.4, -0.2) is 33.8 Å². The fourth-order valence-electron chi connectivity index (χ4n) is 4.04. The number of rotatable bonds is 12. The first-order valence-corrected chi connectivity index (χ1v) is 14.2. The zero-order chi connectivity index (χ0) is 15.6. The van der Waals surface area contributed by atoms with Gasteiger partial charge in [-0.15, -0.1) is 0 Å². The zero-order valence-electron chi connectivity index (χ0n) is 15.1. The quantitative estimate of drug-likeness (QED) is 0.404. The summed E-state index contributed by atoms with van der Waals surface area (Å²) in [6.45, 7) is 16.9. The number of unbranched alkanes of at least 4 members (excludes halogenated alkanes) is 1. The third kappa shape index (κ3) is 4.42. The molecule has 0 radical (unpaired) electrons. The maximum atomic E-state index is 5.73. The largest absolute Gasteiger partial charge is 0.345 e. The Morgan fingerprint density at radius 3 is 1.25 bits per heavy atom. The molecule has 2 N–H and O–H groups in total. The first-order valence-electron chi connectivity index (χ1n) is 9.04. The third-order valence-electron chi connectivity index (χ3n) is 5.93. The molecule has 4 heteroatoms. The lowest BCUT2D eigenvalue weighted by molar-refractivity contribution is 0.538. The van der Waals surface area contributed by atoms with Crippen molar-refractivity contribution in [1.82, 2.24) is 4.23 Å². The van der Waals surface area contributed by atoms with Gasteiger partial charge in [-0.25, -0.2) is 0 Å². The molecule has 0 aromatic carbocycles. The Bertz CT molecular complexity index is 202. The summed E-state index contributed by atoms with van der Waals surface area (Å²) in [7, 11) is -2.48. The normalized spacial score (nSPS) is 13.2. The molecule has 0 spiro atoms. The average molecular weight is 317 g/mol. The van der Waals surface area contributed by atoms with Gasteiger partial charge in [-0.1, -0.05) is 41.5 Å². The molecule has 122 valence electrons. The Hall–Kier alpha value is 0.354. The Kier molecular flexibility index (Phi) is 10.3. The number of nitrogens with zero attached hydrogens (tertiary/aromatic N) is 1. The number of nitrogens with two attached hydrogens (primary N) is 1. The second kappa shape index (κ2) is 10.1. The van der Waals surface area contributed by atoms with Crippen LogP contribution in [0.5, 0.6) is 0 Å². The van der Waals surface area contributed by atoms with E-state index in [0.29, 0.717) is 0 Å². The van der Waals surface area contributed by atoms with Crippen LogP contribution < -0.4 is 5.73 Å². The van der Waals surface area contributed by atoms with E-state index >= 15 is 0 Å². The molecule has 0 saturated heterocycles. The van der Waals surface area contributed by atoms with Gasteiger partial charge < -0.3 is 9.96 Å². The van der Waals surface area contributed by atoms with Crippen molar-refractivity contribution in [3.63, 3.8) is 0 Å². The molecular formula is C16H40N2Si2. The van der Waals surface area contributed by atoms with Gasteiger partial charge in [0, 0.05) is 0 Å². The SMILES string of the molecule is CC[Si](CC)(CC)N(CCCCN)[Si](CC)(CC)CC. The van der Waals surface area contributed by atoms with Crippen LogP contribution in [0.3, 0.4) is 0 Å². The summed E-state index contributed by atoms with van der Waals surface area (Å²) in [5.74, 6) is 0. The van der Waals surface area contributed by atoms with Crippen LogP contribution in [0.25, 0.3) is 0 Å². The van der Waals surface area contributed by atoms with Gasteiger partial charge in [0.25, 0.3) is 0 Å². The van der Waals surface area contributed by atoms with Crippen molar-refractivity contribution in [1.29, 1.82) is 0 Å². The topological polar surface area (TPSA) is 29.3 Å². The van der Waals surface area contributed by atoms with E-state index in [1.807, 2.05) is 0 Å². The number of hydrogen-bond acceptors (Lipinski definition) is 2. The summed E-state index contributed by atoms with van der Waals surface area (Å²) in [6.07, 6.45) is 2.50. The highest BCUT2D eigenvalue weighted by atomic mass is 28.4. The van der Waals surface area contributed by atoms with Gasteiger partial charge in [0.15, 0.2) is 0 Å². The predicted molar refractivity (Wildman–Crippen MR) is 99.4 cm³/mol. The average Bonchev–Trinajstić information content (AvgIpc) is 2.51. The highest BCUT2D eigenvalue weighted by Crippen LogP contribution is 2.35. The van der Waals surface area contributed by atoms with E-state index in [1.165, 1.54) is 55.7 Å². The molecule has 0 aromatic rings. The molecule has 0 bridgehead atoms. The van der Waals surface area contributed by atoms with E-state index in [4.69, 9.17) is 5.73 Å². The van der Waals surface area contributed by atoms with Crippen LogP contribution in [0.4, 0.5) is 0 Å². The van der Waals surface area contributed by atoms with Crippen LogP contribution in [-0.2, 0) is 0 Å².